The molecule has 1 aromatic rings. The lowest BCUT2D eigenvalue weighted by Crippen LogP contribution is -2.15. The van der Waals surface area contributed by atoms with Crippen molar-refractivity contribution < 1.29 is 4.74 Å². The predicted octanol–water partition coefficient (Wildman–Crippen LogP) is 1.43. The molecule has 0 aliphatic rings. The van der Waals surface area contributed by atoms with Gasteiger partial charge in [-0.15, -0.1) is 0 Å². The third-order valence-corrected chi connectivity index (χ3v) is 2.24. The van der Waals surface area contributed by atoms with E-state index in [9.17, 15) is 0 Å². The average Bonchev–Trinajstić information content (AvgIpc) is 2.25. The Kier molecular flexibility index (Phi) is 5.22. The van der Waals surface area contributed by atoms with Crippen LogP contribution in [0.1, 0.15) is 25.1 Å². The van der Waals surface area contributed by atoms with E-state index in [1.54, 1.807) is 6.20 Å². The lowest BCUT2D eigenvalue weighted by atomic mass is 10.2. The van der Waals surface area contributed by atoms with Gasteiger partial charge in [0.05, 0.1) is 18.5 Å². The molecule has 1 atom stereocenters. The second kappa shape index (κ2) is 6.45. The molecule has 0 aromatic carbocycles. The molecule has 0 saturated carbocycles. The molecule has 16 heavy (non-hydrogen) atoms. The summed E-state index contributed by atoms with van der Waals surface area (Å²) in [5.74, 6) is 0.808. The minimum absolute atomic E-state index is 0.0252. The zero-order valence-corrected chi connectivity index (χ0v) is 10.3. The number of rotatable bonds is 6. The molecule has 0 aliphatic carbocycles. The lowest BCUT2D eigenvalue weighted by molar-refractivity contribution is 0.280. The summed E-state index contributed by atoms with van der Waals surface area (Å²) < 4.78 is 5.56. The van der Waals surface area contributed by atoms with Crippen LogP contribution in [-0.2, 0) is 0 Å². The van der Waals surface area contributed by atoms with E-state index < -0.39 is 0 Å². The molecule has 0 bridgehead atoms. The molecule has 4 heteroatoms. The van der Waals surface area contributed by atoms with Gasteiger partial charge in [-0.25, -0.2) is 0 Å². The zero-order chi connectivity index (χ0) is 12.0. The summed E-state index contributed by atoms with van der Waals surface area (Å²) in [5.41, 5.74) is 6.60. The highest BCUT2D eigenvalue weighted by atomic mass is 16.5. The zero-order valence-electron chi connectivity index (χ0n) is 10.3. The standard InChI is InChI=1S/C12H21N3O/c1-10(13)12-6-5-11(9-14-12)16-8-4-7-15(2)3/h5-6,9-10H,4,7-8,13H2,1-3H3. The maximum Gasteiger partial charge on any atom is 0.137 e. The van der Waals surface area contributed by atoms with Gasteiger partial charge >= 0.3 is 0 Å². The van der Waals surface area contributed by atoms with E-state index in [0.717, 1.165) is 31.0 Å². The molecule has 4 nitrogen and oxygen atoms in total. The summed E-state index contributed by atoms with van der Waals surface area (Å²) in [4.78, 5) is 6.37. The van der Waals surface area contributed by atoms with E-state index in [0.29, 0.717) is 0 Å². The van der Waals surface area contributed by atoms with Crippen LogP contribution in [0.25, 0.3) is 0 Å². The number of aromatic nitrogens is 1. The molecule has 1 rings (SSSR count). The Morgan fingerprint density at radius 3 is 2.69 bits per heavy atom. The third-order valence-electron chi connectivity index (χ3n) is 2.24. The second-order valence-corrected chi connectivity index (χ2v) is 4.21. The Bertz CT molecular complexity index is 296. The normalized spacial score (nSPS) is 12.8. The van der Waals surface area contributed by atoms with Crippen molar-refractivity contribution in [3.63, 3.8) is 0 Å². The maximum atomic E-state index is 5.71. The molecule has 0 saturated heterocycles. The molecule has 0 fully saturated rings. The van der Waals surface area contributed by atoms with Crippen LogP contribution in [0, 0.1) is 0 Å². The molecular weight excluding hydrogens is 202 g/mol. The summed E-state index contributed by atoms with van der Waals surface area (Å²) in [5, 5.41) is 0. The van der Waals surface area contributed by atoms with Gasteiger partial charge in [0.15, 0.2) is 0 Å². The molecule has 1 aromatic heterocycles. The minimum Gasteiger partial charge on any atom is -0.492 e. The largest absolute Gasteiger partial charge is 0.492 e. The van der Waals surface area contributed by atoms with Crippen molar-refractivity contribution in [2.45, 2.75) is 19.4 Å². The topological polar surface area (TPSA) is 51.4 Å². The van der Waals surface area contributed by atoms with Gasteiger partial charge in [0, 0.05) is 12.6 Å². The first-order chi connectivity index (χ1) is 7.59. The van der Waals surface area contributed by atoms with Gasteiger partial charge in [-0.3, -0.25) is 4.98 Å². The predicted molar refractivity (Wildman–Crippen MR) is 65.5 cm³/mol. The Morgan fingerprint density at radius 1 is 1.44 bits per heavy atom. The fraction of sp³-hybridized carbons (Fsp3) is 0.583. The molecule has 0 radical (unpaired) electrons. The SMILES string of the molecule is CC(N)c1ccc(OCCCN(C)C)cn1. The molecule has 1 unspecified atom stereocenters. The average molecular weight is 223 g/mol. The van der Waals surface area contributed by atoms with E-state index in [4.69, 9.17) is 10.5 Å². The fourth-order valence-electron chi connectivity index (χ4n) is 1.32. The third kappa shape index (κ3) is 4.59. The first-order valence-corrected chi connectivity index (χ1v) is 5.58. The van der Waals surface area contributed by atoms with Gasteiger partial charge in [-0.1, -0.05) is 0 Å². The fourth-order valence-corrected chi connectivity index (χ4v) is 1.32. The molecule has 0 aliphatic heterocycles. The molecule has 1 heterocycles. The Labute approximate surface area is 97.4 Å². The Morgan fingerprint density at radius 2 is 2.19 bits per heavy atom. The molecular formula is C12H21N3O. The molecule has 0 amide bonds. The van der Waals surface area contributed by atoms with Crippen molar-refractivity contribution in [3.8, 4) is 5.75 Å². The van der Waals surface area contributed by atoms with Crippen molar-refractivity contribution in [2.24, 2.45) is 5.73 Å². The van der Waals surface area contributed by atoms with Gasteiger partial charge in [-0.2, -0.15) is 0 Å². The van der Waals surface area contributed by atoms with Gasteiger partial charge in [0.2, 0.25) is 0 Å². The summed E-state index contributed by atoms with van der Waals surface area (Å²) >= 11 is 0. The summed E-state index contributed by atoms with van der Waals surface area (Å²) in [6, 6.07) is 3.80. The van der Waals surface area contributed by atoms with Crippen LogP contribution >= 0.6 is 0 Å². The minimum atomic E-state index is -0.0252. The lowest BCUT2D eigenvalue weighted by Gasteiger charge is -2.10. The number of nitrogens with zero attached hydrogens (tertiary/aromatic N) is 2. The van der Waals surface area contributed by atoms with Gasteiger partial charge in [-0.05, 0) is 39.6 Å². The van der Waals surface area contributed by atoms with Gasteiger partial charge in [0.25, 0.3) is 0 Å². The van der Waals surface area contributed by atoms with E-state index in [2.05, 4.69) is 24.0 Å². The number of hydrogen-bond donors (Lipinski definition) is 1. The first kappa shape index (κ1) is 12.9. The number of hydrogen-bond acceptors (Lipinski definition) is 4. The second-order valence-electron chi connectivity index (χ2n) is 4.21. The van der Waals surface area contributed by atoms with Crippen LogP contribution in [0.15, 0.2) is 18.3 Å². The van der Waals surface area contributed by atoms with E-state index in [1.165, 1.54) is 0 Å². The van der Waals surface area contributed by atoms with Crippen LogP contribution < -0.4 is 10.5 Å². The van der Waals surface area contributed by atoms with Crippen molar-refractivity contribution in [2.75, 3.05) is 27.2 Å². The van der Waals surface area contributed by atoms with Crippen molar-refractivity contribution in [1.82, 2.24) is 9.88 Å². The highest BCUT2D eigenvalue weighted by Gasteiger charge is 2.01. The molecule has 0 spiro atoms. The Hall–Kier alpha value is -1.13. The molecule has 2 N–H and O–H groups in total. The van der Waals surface area contributed by atoms with Crippen molar-refractivity contribution in [1.29, 1.82) is 0 Å². The van der Waals surface area contributed by atoms with Crippen LogP contribution in [0.5, 0.6) is 5.75 Å². The highest BCUT2D eigenvalue weighted by molar-refractivity contribution is 5.21. The quantitative estimate of drug-likeness (QED) is 0.741. The van der Waals surface area contributed by atoms with Crippen molar-refractivity contribution >= 4 is 0 Å². The number of nitrogens with two attached hydrogens (primary N) is 1. The molecule has 90 valence electrons. The van der Waals surface area contributed by atoms with Crippen LogP contribution in [0.2, 0.25) is 0 Å². The number of pyridine rings is 1. The number of ether oxygens (including phenoxy) is 1. The van der Waals surface area contributed by atoms with Crippen LogP contribution in [0.3, 0.4) is 0 Å². The first-order valence-electron chi connectivity index (χ1n) is 5.58. The summed E-state index contributed by atoms with van der Waals surface area (Å²) in [7, 11) is 4.11. The Balaban J connectivity index is 2.32. The van der Waals surface area contributed by atoms with Crippen LogP contribution in [0.4, 0.5) is 0 Å². The van der Waals surface area contributed by atoms with Crippen LogP contribution in [-0.4, -0.2) is 37.1 Å². The van der Waals surface area contributed by atoms with E-state index in [1.807, 2.05) is 19.1 Å². The van der Waals surface area contributed by atoms with Crippen molar-refractivity contribution in [3.05, 3.63) is 24.0 Å². The smallest absolute Gasteiger partial charge is 0.137 e. The van der Waals surface area contributed by atoms with E-state index in [-0.39, 0.29) is 6.04 Å². The highest BCUT2D eigenvalue weighted by Crippen LogP contribution is 2.12. The van der Waals surface area contributed by atoms with E-state index >= 15 is 0 Å². The monoisotopic (exact) mass is 223 g/mol. The van der Waals surface area contributed by atoms with Gasteiger partial charge in [0.1, 0.15) is 5.75 Å². The maximum absolute atomic E-state index is 5.71. The summed E-state index contributed by atoms with van der Waals surface area (Å²) in [6.07, 6.45) is 2.75. The van der Waals surface area contributed by atoms with Gasteiger partial charge < -0.3 is 15.4 Å². The summed E-state index contributed by atoms with van der Waals surface area (Å²) in [6.45, 7) is 3.67.